The summed E-state index contributed by atoms with van der Waals surface area (Å²) in [5, 5.41) is 2.10. The minimum absolute atomic E-state index is 0.105. The molecule has 0 saturated heterocycles. The zero-order chi connectivity index (χ0) is 13.1. The maximum Gasteiger partial charge on any atom is 0.228 e. The molecule has 0 N–H and O–H groups in total. The number of ketones is 1. The number of carbonyl (C=O) groups is 1. The van der Waals surface area contributed by atoms with E-state index in [0.29, 0.717) is 6.54 Å². The summed E-state index contributed by atoms with van der Waals surface area (Å²) in [5.74, 6) is 0.105. The van der Waals surface area contributed by atoms with Crippen molar-refractivity contribution in [1.29, 1.82) is 0 Å². The van der Waals surface area contributed by atoms with Gasteiger partial charge in [-0.05, 0) is 10.8 Å². The molecule has 0 unspecified atom stereocenters. The van der Waals surface area contributed by atoms with Crippen molar-refractivity contribution < 1.29 is 9.36 Å². The average molecular weight is 249 g/mol. The van der Waals surface area contributed by atoms with Crippen LogP contribution in [0.3, 0.4) is 0 Å². The van der Waals surface area contributed by atoms with E-state index in [0.717, 1.165) is 16.3 Å². The Morgan fingerprint density at radius 1 is 1.00 bits per heavy atom. The van der Waals surface area contributed by atoms with E-state index < -0.39 is 0 Å². The zero-order valence-corrected chi connectivity index (χ0v) is 10.4. The number of hydrogen-bond donors (Lipinski definition) is 0. The molecule has 0 aliphatic carbocycles. The molecule has 0 fully saturated rings. The fourth-order valence-electron chi connectivity index (χ4n) is 2.17. The number of carbonyl (C=O) groups excluding carboxylic acids is 1. The van der Waals surface area contributed by atoms with E-state index >= 15 is 0 Å². The van der Waals surface area contributed by atoms with Crippen molar-refractivity contribution in [3.8, 4) is 0 Å². The maximum absolute atomic E-state index is 12.4. The lowest BCUT2D eigenvalue weighted by molar-refractivity contribution is -0.683. The van der Waals surface area contributed by atoms with Crippen LogP contribution in [0.4, 0.5) is 0 Å². The number of hydrogen-bond acceptors (Lipinski definition) is 2. The van der Waals surface area contributed by atoms with Crippen LogP contribution in [0.2, 0.25) is 0 Å². The summed E-state index contributed by atoms with van der Waals surface area (Å²) in [6, 6.07) is 13.8. The van der Waals surface area contributed by atoms with Crippen molar-refractivity contribution in [2.24, 2.45) is 0 Å². The minimum atomic E-state index is 0.105. The highest BCUT2D eigenvalue weighted by molar-refractivity contribution is 6.07. The smallest absolute Gasteiger partial charge is 0.228 e. The predicted molar refractivity (Wildman–Crippen MR) is 72.7 cm³/mol. The molecule has 19 heavy (non-hydrogen) atoms. The molecule has 92 valence electrons. The van der Waals surface area contributed by atoms with Crippen molar-refractivity contribution in [3.05, 3.63) is 72.8 Å². The van der Waals surface area contributed by atoms with Crippen LogP contribution in [0.1, 0.15) is 10.4 Å². The van der Waals surface area contributed by atoms with E-state index in [-0.39, 0.29) is 5.78 Å². The van der Waals surface area contributed by atoms with Gasteiger partial charge >= 0.3 is 0 Å². The summed E-state index contributed by atoms with van der Waals surface area (Å²) in [6.45, 7) is 0.330. The molecule has 0 amide bonds. The van der Waals surface area contributed by atoms with E-state index in [2.05, 4.69) is 4.98 Å². The molecule has 1 aromatic heterocycles. The topological polar surface area (TPSA) is 33.8 Å². The fourth-order valence-corrected chi connectivity index (χ4v) is 2.17. The molecule has 0 saturated carbocycles. The van der Waals surface area contributed by atoms with Gasteiger partial charge in [-0.25, -0.2) is 0 Å². The van der Waals surface area contributed by atoms with Gasteiger partial charge in [-0.1, -0.05) is 42.5 Å². The lowest BCUT2D eigenvalue weighted by Gasteiger charge is -2.03. The largest absolute Gasteiger partial charge is 0.287 e. The Labute approximate surface area is 111 Å². The van der Waals surface area contributed by atoms with Crippen molar-refractivity contribution >= 4 is 16.6 Å². The lowest BCUT2D eigenvalue weighted by atomic mass is 10.0. The van der Waals surface area contributed by atoms with Gasteiger partial charge in [0.15, 0.2) is 12.4 Å². The van der Waals surface area contributed by atoms with Gasteiger partial charge in [0.05, 0.1) is 12.4 Å². The Kier molecular flexibility index (Phi) is 3.02. The van der Waals surface area contributed by atoms with Crippen molar-refractivity contribution in [3.63, 3.8) is 0 Å². The zero-order valence-electron chi connectivity index (χ0n) is 10.4. The van der Waals surface area contributed by atoms with Gasteiger partial charge in [-0.3, -0.25) is 9.78 Å². The first-order chi connectivity index (χ1) is 9.34. The molecular weight excluding hydrogens is 236 g/mol. The first kappa shape index (κ1) is 11.5. The third kappa shape index (κ3) is 2.36. The SMILES string of the molecule is O=C(C[n+]1ccncc1)c1cccc2ccccc12. The van der Waals surface area contributed by atoms with E-state index in [1.165, 1.54) is 0 Å². The first-order valence-corrected chi connectivity index (χ1v) is 6.14. The molecule has 0 spiro atoms. The number of Topliss-reactive ketones (excluding diaryl/α,β-unsaturated/α-hetero) is 1. The van der Waals surface area contributed by atoms with Crippen LogP contribution >= 0.6 is 0 Å². The van der Waals surface area contributed by atoms with Crippen LogP contribution in [0.25, 0.3) is 10.8 Å². The van der Waals surface area contributed by atoms with E-state index in [1.54, 1.807) is 24.8 Å². The Balaban J connectivity index is 1.98. The fraction of sp³-hybridized carbons (Fsp3) is 0.0625. The van der Waals surface area contributed by atoms with E-state index in [4.69, 9.17) is 0 Å². The molecule has 0 aliphatic rings. The average Bonchev–Trinajstić information content (AvgIpc) is 2.47. The van der Waals surface area contributed by atoms with Crippen LogP contribution in [-0.4, -0.2) is 10.8 Å². The van der Waals surface area contributed by atoms with Gasteiger partial charge in [0.25, 0.3) is 0 Å². The van der Waals surface area contributed by atoms with Crippen LogP contribution < -0.4 is 4.57 Å². The molecule has 3 rings (SSSR count). The molecule has 0 radical (unpaired) electrons. The Morgan fingerprint density at radius 2 is 1.74 bits per heavy atom. The first-order valence-electron chi connectivity index (χ1n) is 6.14. The number of nitrogens with zero attached hydrogens (tertiary/aromatic N) is 2. The van der Waals surface area contributed by atoms with Crippen LogP contribution in [0, 0.1) is 0 Å². The number of aromatic nitrogens is 2. The van der Waals surface area contributed by atoms with E-state index in [1.807, 2.05) is 47.0 Å². The van der Waals surface area contributed by atoms with Crippen molar-refractivity contribution in [2.75, 3.05) is 0 Å². The summed E-state index contributed by atoms with van der Waals surface area (Å²) in [4.78, 5) is 16.3. The van der Waals surface area contributed by atoms with Crippen LogP contribution in [-0.2, 0) is 6.54 Å². The van der Waals surface area contributed by atoms with Gasteiger partial charge in [-0.15, -0.1) is 0 Å². The standard InChI is InChI=1S/C16H13N2O/c19-16(12-18-10-8-17-9-11-18)15-7-3-5-13-4-1-2-6-14(13)15/h1-11H,12H2/q+1. The highest BCUT2D eigenvalue weighted by Gasteiger charge is 2.14. The number of fused-ring (bicyclic) bond motifs is 1. The lowest BCUT2D eigenvalue weighted by Crippen LogP contribution is -2.37. The summed E-state index contributed by atoms with van der Waals surface area (Å²) >= 11 is 0. The quantitative estimate of drug-likeness (QED) is 0.527. The third-order valence-corrected chi connectivity index (χ3v) is 3.10. The molecule has 0 bridgehead atoms. The summed E-state index contributed by atoms with van der Waals surface area (Å²) in [5.41, 5.74) is 0.766. The van der Waals surface area contributed by atoms with Crippen LogP contribution in [0.15, 0.2) is 67.3 Å². The second-order valence-electron chi connectivity index (χ2n) is 4.37. The summed E-state index contributed by atoms with van der Waals surface area (Å²) < 4.78 is 1.83. The summed E-state index contributed by atoms with van der Waals surface area (Å²) in [7, 11) is 0. The monoisotopic (exact) mass is 249 g/mol. The Hall–Kier alpha value is -2.55. The molecule has 1 heterocycles. The van der Waals surface area contributed by atoms with Crippen molar-refractivity contribution in [2.45, 2.75) is 6.54 Å². The number of benzene rings is 2. The molecule has 3 aromatic rings. The van der Waals surface area contributed by atoms with Crippen molar-refractivity contribution in [1.82, 2.24) is 4.98 Å². The second kappa shape index (κ2) is 4.98. The van der Waals surface area contributed by atoms with E-state index in [9.17, 15) is 4.79 Å². The molecular formula is C16H13N2O+. The molecule has 3 heteroatoms. The normalized spacial score (nSPS) is 10.5. The highest BCUT2D eigenvalue weighted by atomic mass is 16.1. The third-order valence-electron chi connectivity index (χ3n) is 3.10. The second-order valence-corrected chi connectivity index (χ2v) is 4.37. The Morgan fingerprint density at radius 3 is 2.58 bits per heavy atom. The van der Waals surface area contributed by atoms with Gasteiger partial charge in [-0.2, -0.15) is 4.57 Å². The van der Waals surface area contributed by atoms with Gasteiger partial charge in [0, 0.05) is 5.56 Å². The summed E-state index contributed by atoms with van der Waals surface area (Å²) in [6.07, 6.45) is 6.94. The van der Waals surface area contributed by atoms with Gasteiger partial charge in [0.1, 0.15) is 0 Å². The molecule has 3 nitrogen and oxygen atoms in total. The minimum Gasteiger partial charge on any atom is -0.287 e. The van der Waals surface area contributed by atoms with Gasteiger partial charge < -0.3 is 0 Å². The Bertz CT molecular complexity index is 718. The predicted octanol–water partition coefficient (Wildman–Crippen LogP) is 2.41. The highest BCUT2D eigenvalue weighted by Crippen LogP contribution is 2.18. The van der Waals surface area contributed by atoms with Gasteiger partial charge in [0.2, 0.25) is 12.3 Å². The molecule has 0 atom stereocenters. The number of rotatable bonds is 3. The molecule has 0 aliphatic heterocycles. The maximum atomic E-state index is 12.4. The van der Waals surface area contributed by atoms with Crippen LogP contribution in [0.5, 0.6) is 0 Å². The molecule has 2 aromatic carbocycles.